The van der Waals surface area contributed by atoms with Crippen molar-refractivity contribution in [3.05, 3.63) is 22.8 Å². The summed E-state index contributed by atoms with van der Waals surface area (Å²) in [6.45, 7) is 5.62. The molecule has 2 rings (SSSR count). The Labute approximate surface area is 120 Å². The van der Waals surface area contributed by atoms with Crippen molar-refractivity contribution in [3.8, 4) is 0 Å². The Kier molecular flexibility index (Phi) is 5.43. The molecule has 2 heterocycles. The Morgan fingerprint density at radius 1 is 1.47 bits per heavy atom. The van der Waals surface area contributed by atoms with E-state index in [4.69, 9.17) is 16.3 Å². The molecular weight excluding hydrogens is 262 g/mol. The monoisotopic (exact) mass is 283 g/mol. The maximum Gasteiger partial charge on any atom is 0.128 e. The number of hydrogen-bond acceptors (Lipinski definition) is 4. The van der Waals surface area contributed by atoms with Gasteiger partial charge in [0.25, 0.3) is 0 Å². The largest absolute Gasteiger partial charge is 0.378 e. The van der Waals surface area contributed by atoms with Crippen molar-refractivity contribution < 1.29 is 4.74 Å². The summed E-state index contributed by atoms with van der Waals surface area (Å²) in [5.74, 6) is 1.02. The minimum Gasteiger partial charge on any atom is -0.378 e. The molecule has 1 aliphatic heterocycles. The highest BCUT2D eigenvalue weighted by atomic mass is 35.5. The predicted molar refractivity (Wildman–Crippen MR) is 78.9 cm³/mol. The number of ether oxygens (including phenoxy) is 1. The molecule has 0 amide bonds. The lowest BCUT2D eigenvalue weighted by molar-refractivity contribution is 0.0458. The number of pyridine rings is 1. The van der Waals surface area contributed by atoms with Crippen molar-refractivity contribution in [2.24, 2.45) is 0 Å². The smallest absolute Gasteiger partial charge is 0.128 e. The lowest BCUT2D eigenvalue weighted by atomic mass is 10.1. The number of halogens is 1. The zero-order valence-electron chi connectivity index (χ0n) is 11.7. The molecule has 1 saturated heterocycles. The fourth-order valence-electron chi connectivity index (χ4n) is 2.45. The van der Waals surface area contributed by atoms with Crippen LogP contribution in [-0.4, -0.2) is 37.8 Å². The third-order valence-corrected chi connectivity index (χ3v) is 3.80. The summed E-state index contributed by atoms with van der Waals surface area (Å²) in [6.07, 6.45) is 4.29. The predicted octanol–water partition coefficient (Wildman–Crippen LogP) is 2.46. The molecule has 0 saturated carbocycles. The minimum absolute atomic E-state index is 0.408. The van der Waals surface area contributed by atoms with Crippen molar-refractivity contribution in [3.63, 3.8) is 0 Å². The van der Waals surface area contributed by atoms with Crippen molar-refractivity contribution in [2.45, 2.75) is 32.4 Å². The molecule has 0 aliphatic carbocycles. The van der Waals surface area contributed by atoms with E-state index in [9.17, 15) is 0 Å². The molecule has 0 spiro atoms. The maximum absolute atomic E-state index is 6.14. The second-order valence-corrected chi connectivity index (χ2v) is 5.21. The summed E-state index contributed by atoms with van der Waals surface area (Å²) >= 11 is 6.14. The molecule has 1 aliphatic rings. The first-order chi connectivity index (χ1) is 9.24. The van der Waals surface area contributed by atoms with E-state index in [-0.39, 0.29) is 0 Å². The van der Waals surface area contributed by atoms with Gasteiger partial charge in [-0.2, -0.15) is 0 Å². The van der Waals surface area contributed by atoms with E-state index < -0.39 is 0 Å². The molecule has 1 aromatic rings. The average molecular weight is 284 g/mol. The van der Waals surface area contributed by atoms with Gasteiger partial charge in [0.15, 0.2) is 0 Å². The molecular formula is C14H22ClN3O. The minimum atomic E-state index is 0.408. The average Bonchev–Trinajstić information content (AvgIpc) is 2.43. The molecule has 4 nitrogen and oxygen atoms in total. The highest BCUT2D eigenvalue weighted by molar-refractivity contribution is 6.31. The molecule has 1 N–H and O–H groups in total. The Hall–Kier alpha value is -0.840. The summed E-state index contributed by atoms with van der Waals surface area (Å²) in [7, 11) is 1.92. The van der Waals surface area contributed by atoms with E-state index in [1.807, 2.05) is 7.05 Å². The van der Waals surface area contributed by atoms with Crippen LogP contribution in [0.15, 0.2) is 12.3 Å². The Morgan fingerprint density at radius 2 is 2.21 bits per heavy atom. The number of piperidine rings is 1. The number of nitrogens with zero attached hydrogens (tertiary/aromatic N) is 2. The van der Waals surface area contributed by atoms with Crippen molar-refractivity contribution in [2.75, 3.05) is 31.6 Å². The molecule has 106 valence electrons. The molecule has 19 heavy (non-hydrogen) atoms. The van der Waals surface area contributed by atoms with E-state index >= 15 is 0 Å². The van der Waals surface area contributed by atoms with Crippen molar-refractivity contribution in [1.82, 2.24) is 10.3 Å². The van der Waals surface area contributed by atoms with Crippen LogP contribution in [0.1, 0.15) is 25.3 Å². The Morgan fingerprint density at radius 3 is 2.84 bits per heavy atom. The van der Waals surface area contributed by atoms with Gasteiger partial charge in [-0.3, -0.25) is 0 Å². The normalized spacial score (nSPS) is 16.9. The van der Waals surface area contributed by atoms with Crippen LogP contribution in [0, 0.1) is 0 Å². The Balaban J connectivity index is 2.01. The summed E-state index contributed by atoms with van der Waals surface area (Å²) in [5.41, 5.74) is 1.10. The van der Waals surface area contributed by atoms with E-state index in [0.717, 1.165) is 55.5 Å². The lowest BCUT2D eigenvalue weighted by Gasteiger charge is -2.32. The summed E-state index contributed by atoms with van der Waals surface area (Å²) < 4.78 is 5.67. The number of anilines is 1. The summed E-state index contributed by atoms with van der Waals surface area (Å²) in [5, 5.41) is 3.85. The SMILES string of the molecule is CCOC1CCN(c2cc(CNC)c(Cl)cn2)CC1. The van der Waals surface area contributed by atoms with E-state index in [2.05, 4.69) is 28.2 Å². The van der Waals surface area contributed by atoms with Crippen LogP contribution < -0.4 is 10.2 Å². The van der Waals surface area contributed by atoms with Crippen molar-refractivity contribution in [1.29, 1.82) is 0 Å². The molecule has 1 fully saturated rings. The molecule has 0 aromatic carbocycles. The first kappa shape index (κ1) is 14.6. The Bertz CT molecular complexity index is 406. The summed E-state index contributed by atoms with van der Waals surface area (Å²) in [6, 6.07) is 2.08. The quantitative estimate of drug-likeness (QED) is 0.901. The van der Waals surface area contributed by atoms with Gasteiger partial charge in [0.05, 0.1) is 11.1 Å². The lowest BCUT2D eigenvalue weighted by Crippen LogP contribution is -2.37. The van der Waals surface area contributed by atoms with E-state index in [1.165, 1.54) is 0 Å². The fourth-order valence-corrected chi connectivity index (χ4v) is 2.62. The number of aromatic nitrogens is 1. The van der Waals surface area contributed by atoms with E-state index in [1.54, 1.807) is 6.20 Å². The highest BCUT2D eigenvalue weighted by Crippen LogP contribution is 2.23. The zero-order valence-corrected chi connectivity index (χ0v) is 12.4. The van der Waals surface area contributed by atoms with Gasteiger partial charge < -0.3 is 15.0 Å². The van der Waals surface area contributed by atoms with Crippen LogP contribution in [0.2, 0.25) is 5.02 Å². The molecule has 5 heteroatoms. The molecule has 0 unspecified atom stereocenters. The topological polar surface area (TPSA) is 37.4 Å². The number of nitrogens with one attached hydrogen (secondary N) is 1. The van der Waals surface area contributed by atoms with Crippen LogP contribution in [0.25, 0.3) is 0 Å². The third kappa shape index (κ3) is 3.81. The van der Waals surface area contributed by atoms with Gasteiger partial charge in [-0.25, -0.2) is 4.98 Å². The first-order valence-electron chi connectivity index (χ1n) is 6.90. The van der Waals surface area contributed by atoms with Gasteiger partial charge in [0.1, 0.15) is 5.82 Å². The number of hydrogen-bond donors (Lipinski definition) is 1. The molecule has 0 bridgehead atoms. The van der Waals surface area contributed by atoms with Gasteiger partial charge in [-0.15, -0.1) is 0 Å². The van der Waals surface area contributed by atoms with Crippen LogP contribution >= 0.6 is 11.6 Å². The maximum atomic E-state index is 6.14. The highest BCUT2D eigenvalue weighted by Gasteiger charge is 2.20. The van der Waals surface area contributed by atoms with Crippen LogP contribution in [0.4, 0.5) is 5.82 Å². The molecule has 0 atom stereocenters. The van der Waals surface area contributed by atoms with Crippen LogP contribution in [0.3, 0.4) is 0 Å². The van der Waals surface area contributed by atoms with Crippen LogP contribution in [-0.2, 0) is 11.3 Å². The third-order valence-electron chi connectivity index (χ3n) is 3.46. The molecule has 0 radical (unpaired) electrons. The zero-order chi connectivity index (χ0) is 13.7. The standard InChI is InChI=1S/C14H22ClN3O/c1-3-19-12-4-6-18(7-5-12)14-8-11(9-16-2)13(15)10-17-14/h8,10,12,16H,3-7,9H2,1-2H3. The van der Waals surface area contributed by atoms with Gasteiger partial charge in [-0.05, 0) is 38.4 Å². The van der Waals surface area contributed by atoms with Crippen molar-refractivity contribution >= 4 is 17.4 Å². The van der Waals surface area contributed by atoms with Gasteiger partial charge in [0, 0.05) is 32.4 Å². The second-order valence-electron chi connectivity index (χ2n) is 4.81. The molecule has 1 aromatic heterocycles. The van der Waals surface area contributed by atoms with Gasteiger partial charge >= 0.3 is 0 Å². The first-order valence-corrected chi connectivity index (χ1v) is 7.28. The van der Waals surface area contributed by atoms with Crippen LogP contribution in [0.5, 0.6) is 0 Å². The van der Waals surface area contributed by atoms with E-state index in [0.29, 0.717) is 6.10 Å². The van der Waals surface area contributed by atoms with Gasteiger partial charge in [-0.1, -0.05) is 11.6 Å². The second kappa shape index (κ2) is 7.08. The number of rotatable bonds is 5. The fraction of sp³-hybridized carbons (Fsp3) is 0.643. The van der Waals surface area contributed by atoms with Gasteiger partial charge in [0.2, 0.25) is 0 Å². The summed E-state index contributed by atoms with van der Waals surface area (Å²) in [4.78, 5) is 6.75.